The fourth-order valence-corrected chi connectivity index (χ4v) is 2.52. The Balaban J connectivity index is 2.00. The summed E-state index contributed by atoms with van der Waals surface area (Å²) in [6, 6.07) is 25.4. The third-order valence-electron chi connectivity index (χ3n) is 3.30. The molecule has 0 saturated heterocycles. The van der Waals surface area contributed by atoms with Crippen molar-refractivity contribution in [3.63, 3.8) is 0 Å². The number of hydrazone groups is 1. The predicted octanol–water partition coefficient (Wildman–Crippen LogP) is 6.17. The molecule has 0 fully saturated rings. The quantitative estimate of drug-likeness (QED) is 0.409. The summed E-state index contributed by atoms with van der Waals surface area (Å²) in [4.78, 5) is 0. The molecule has 0 aromatic heterocycles. The number of rotatable bonds is 4. The fourth-order valence-electron chi connectivity index (χ4n) is 2.16. The highest BCUT2D eigenvalue weighted by Gasteiger charge is 2.07. The van der Waals surface area contributed by atoms with E-state index in [-0.39, 0.29) is 0 Å². The van der Waals surface area contributed by atoms with Crippen LogP contribution in [0.4, 0.5) is 11.4 Å². The van der Waals surface area contributed by atoms with Crippen LogP contribution in [0.15, 0.2) is 84.0 Å². The maximum absolute atomic E-state index is 6.23. The van der Waals surface area contributed by atoms with Crippen LogP contribution in [0.5, 0.6) is 0 Å². The van der Waals surface area contributed by atoms with E-state index in [1.54, 1.807) is 12.3 Å². The topological polar surface area (TPSA) is 15.6 Å². The lowest BCUT2D eigenvalue weighted by Gasteiger charge is -2.19. The molecule has 3 rings (SSSR count). The Morgan fingerprint density at radius 1 is 0.696 bits per heavy atom. The normalized spacial score (nSPS) is 10.9. The van der Waals surface area contributed by atoms with Crippen molar-refractivity contribution >= 4 is 40.8 Å². The van der Waals surface area contributed by atoms with Crippen LogP contribution in [0.25, 0.3) is 0 Å². The summed E-state index contributed by atoms with van der Waals surface area (Å²) >= 11 is 12.3. The zero-order chi connectivity index (χ0) is 16.1. The zero-order valence-corrected chi connectivity index (χ0v) is 13.7. The van der Waals surface area contributed by atoms with Gasteiger partial charge in [0.25, 0.3) is 0 Å². The molecular weight excluding hydrogens is 327 g/mol. The van der Waals surface area contributed by atoms with Crippen molar-refractivity contribution in [3.05, 3.63) is 94.5 Å². The number of halogens is 2. The molecule has 0 aliphatic heterocycles. The van der Waals surface area contributed by atoms with E-state index in [0.717, 1.165) is 16.9 Å². The second-order valence-corrected chi connectivity index (χ2v) is 5.66. The molecule has 0 aliphatic rings. The molecule has 0 saturated carbocycles. The molecule has 0 heterocycles. The van der Waals surface area contributed by atoms with Gasteiger partial charge in [-0.15, -0.1) is 0 Å². The highest BCUT2D eigenvalue weighted by molar-refractivity contribution is 6.43. The van der Waals surface area contributed by atoms with Gasteiger partial charge in [0.15, 0.2) is 0 Å². The lowest BCUT2D eigenvalue weighted by Crippen LogP contribution is -2.09. The van der Waals surface area contributed by atoms with Crippen LogP contribution in [0.1, 0.15) is 5.56 Å². The maximum Gasteiger partial charge on any atom is 0.0680 e. The van der Waals surface area contributed by atoms with Crippen LogP contribution in [0.2, 0.25) is 10.0 Å². The van der Waals surface area contributed by atoms with E-state index >= 15 is 0 Å². The Hall–Kier alpha value is -2.29. The summed E-state index contributed by atoms with van der Waals surface area (Å²) in [5, 5.41) is 7.47. The van der Waals surface area contributed by atoms with Crippen molar-refractivity contribution < 1.29 is 0 Å². The molecule has 0 amide bonds. The summed E-state index contributed by atoms with van der Waals surface area (Å²) in [6.45, 7) is 0. The molecule has 23 heavy (non-hydrogen) atoms. The van der Waals surface area contributed by atoms with Gasteiger partial charge in [-0.1, -0.05) is 71.7 Å². The Kier molecular flexibility index (Phi) is 4.96. The van der Waals surface area contributed by atoms with E-state index in [9.17, 15) is 0 Å². The van der Waals surface area contributed by atoms with E-state index < -0.39 is 0 Å². The molecule has 3 aromatic rings. The number of benzene rings is 3. The molecule has 0 N–H and O–H groups in total. The standard InChI is InChI=1S/C19H14Cl2N2/c20-18-13-7-8-15(19(18)21)14-22-23(16-9-3-1-4-10-16)17-11-5-2-6-12-17/h1-14H/b22-14-. The van der Waals surface area contributed by atoms with Crippen LogP contribution >= 0.6 is 23.2 Å². The molecule has 3 aromatic carbocycles. The summed E-state index contributed by atoms with van der Waals surface area (Å²) in [5.41, 5.74) is 2.71. The van der Waals surface area contributed by atoms with Crippen LogP contribution < -0.4 is 5.01 Å². The van der Waals surface area contributed by atoms with E-state index in [1.807, 2.05) is 77.8 Å². The summed E-state index contributed by atoms with van der Waals surface area (Å²) < 4.78 is 0. The number of para-hydroxylation sites is 2. The molecule has 0 radical (unpaired) electrons. The molecule has 0 spiro atoms. The number of hydrogen-bond donors (Lipinski definition) is 0. The largest absolute Gasteiger partial charge is 0.234 e. The Labute approximate surface area is 145 Å². The van der Waals surface area contributed by atoms with Gasteiger partial charge in [-0.2, -0.15) is 5.10 Å². The smallest absolute Gasteiger partial charge is 0.0680 e. The zero-order valence-electron chi connectivity index (χ0n) is 12.2. The summed E-state index contributed by atoms with van der Waals surface area (Å²) in [7, 11) is 0. The van der Waals surface area contributed by atoms with Gasteiger partial charge >= 0.3 is 0 Å². The van der Waals surface area contributed by atoms with Crippen molar-refractivity contribution in [2.75, 3.05) is 5.01 Å². The highest BCUT2D eigenvalue weighted by atomic mass is 35.5. The molecular formula is C19H14Cl2N2. The monoisotopic (exact) mass is 340 g/mol. The summed E-state index contributed by atoms with van der Waals surface area (Å²) in [5.74, 6) is 0. The second-order valence-electron chi connectivity index (χ2n) is 4.87. The van der Waals surface area contributed by atoms with Crippen molar-refractivity contribution in [3.8, 4) is 0 Å². The lowest BCUT2D eigenvalue weighted by molar-refractivity contribution is 1.09. The van der Waals surface area contributed by atoms with Gasteiger partial charge in [-0.05, 0) is 30.3 Å². The van der Waals surface area contributed by atoms with Gasteiger partial charge in [0, 0.05) is 5.56 Å². The fraction of sp³-hybridized carbons (Fsp3) is 0. The van der Waals surface area contributed by atoms with Gasteiger partial charge in [-0.25, -0.2) is 5.01 Å². The summed E-state index contributed by atoms with van der Waals surface area (Å²) in [6.07, 6.45) is 1.72. The number of anilines is 2. The van der Waals surface area contributed by atoms with Crippen LogP contribution in [-0.2, 0) is 0 Å². The first kappa shape index (κ1) is 15.6. The third kappa shape index (κ3) is 3.73. The third-order valence-corrected chi connectivity index (χ3v) is 4.13. The second kappa shape index (κ2) is 7.32. The molecule has 0 atom stereocenters. The van der Waals surface area contributed by atoms with Crippen LogP contribution in [0, 0.1) is 0 Å². The molecule has 2 nitrogen and oxygen atoms in total. The first-order valence-corrected chi connectivity index (χ1v) is 7.89. The van der Waals surface area contributed by atoms with Gasteiger partial charge in [0.1, 0.15) is 0 Å². The average molecular weight is 341 g/mol. The van der Waals surface area contributed by atoms with E-state index in [1.165, 1.54) is 0 Å². The minimum Gasteiger partial charge on any atom is -0.234 e. The van der Waals surface area contributed by atoms with E-state index in [2.05, 4.69) is 5.10 Å². The van der Waals surface area contributed by atoms with Crippen molar-refractivity contribution in [2.24, 2.45) is 5.10 Å². The Morgan fingerprint density at radius 2 is 1.26 bits per heavy atom. The van der Waals surface area contributed by atoms with E-state index in [0.29, 0.717) is 10.0 Å². The van der Waals surface area contributed by atoms with Crippen LogP contribution in [0.3, 0.4) is 0 Å². The number of nitrogens with zero attached hydrogens (tertiary/aromatic N) is 2. The minimum absolute atomic E-state index is 0.499. The first-order valence-electron chi connectivity index (χ1n) is 7.14. The van der Waals surface area contributed by atoms with E-state index in [4.69, 9.17) is 23.2 Å². The van der Waals surface area contributed by atoms with Gasteiger partial charge < -0.3 is 0 Å². The predicted molar refractivity (Wildman–Crippen MR) is 99.1 cm³/mol. The van der Waals surface area contributed by atoms with Crippen molar-refractivity contribution in [1.29, 1.82) is 0 Å². The van der Waals surface area contributed by atoms with Gasteiger partial charge in [-0.3, -0.25) is 0 Å². The maximum atomic E-state index is 6.23. The average Bonchev–Trinajstić information content (AvgIpc) is 2.60. The van der Waals surface area contributed by atoms with Gasteiger partial charge in [0.2, 0.25) is 0 Å². The molecule has 0 unspecified atom stereocenters. The first-order chi connectivity index (χ1) is 11.3. The molecule has 114 valence electrons. The molecule has 0 aliphatic carbocycles. The van der Waals surface area contributed by atoms with Gasteiger partial charge in [0.05, 0.1) is 27.6 Å². The minimum atomic E-state index is 0.499. The Bertz CT molecular complexity index is 763. The molecule has 0 bridgehead atoms. The number of hydrogen-bond acceptors (Lipinski definition) is 2. The van der Waals surface area contributed by atoms with Crippen molar-refractivity contribution in [2.45, 2.75) is 0 Å². The van der Waals surface area contributed by atoms with Crippen LogP contribution in [-0.4, -0.2) is 6.21 Å². The Morgan fingerprint density at radius 3 is 1.83 bits per heavy atom. The lowest BCUT2D eigenvalue weighted by atomic mass is 10.2. The SMILES string of the molecule is Clc1cccc(/C=N\N(c2ccccc2)c2ccccc2)c1Cl. The highest BCUT2D eigenvalue weighted by Crippen LogP contribution is 2.27. The molecule has 4 heteroatoms. The van der Waals surface area contributed by atoms with Crippen molar-refractivity contribution in [1.82, 2.24) is 0 Å².